The highest BCUT2D eigenvalue weighted by Crippen LogP contribution is 2.14. The van der Waals surface area contributed by atoms with Crippen LogP contribution in [0.5, 0.6) is 0 Å². The molecule has 3 N–H and O–H groups in total. The first-order valence-electron chi connectivity index (χ1n) is 5.91. The zero-order valence-corrected chi connectivity index (χ0v) is 11.3. The van der Waals surface area contributed by atoms with Gasteiger partial charge in [-0.1, -0.05) is 12.1 Å². The van der Waals surface area contributed by atoms with E-state index in [1.165, 1.54) is 4.88 Å². The van der Waals surface area contributed by atoms with Gasteiger partial charge in [-0.15, -0.1) is 11.3 Å². The second-order valence-electron chi connectivity index (χ2n) is 4.22. The van der Waals surface area contributed by atoms with Gasteiger partial charge in [-0.05, 0) is 31.0 Å². The number of hydrogen-bond donors (Lipinski definition) is 2. The molecule has 0 saturated carbocycles. The standard InChI is InChI=1S/C13H18N4S/c1-17(8-6-12-5-3-9-18-12)10-11-4-2-7-15-13(11)16-14/h2-5,7,9H,6,8,10,14H2,1H3,(H,15,16). The molecule has 2 aromatic rings. The first kappa shape index (κ1) is 13.0. The van der Waals surface area contributed by atoms with E-state index >= 15 is 0 Å². The van der Waals surface area contributed by atoms with Crippen LogP contribution in [0.15, 0.2) is 35.8 Å². The molecule has 0 aromatic carbocycles. The number of hydrazine groups is 1. The molecule has 2 aromatic heterocycles. The zero-order chi connectivity index (χ0) is 12.8. The summed E-state index contributed by atoms with van der Waals surface area (Å²) in [5.41, 5.74) is 3.75. The van der Waals surface area contributed by atoms with E-state index in [0.29, 0.717) is 0 Å². The van der Waals surface area contributed by atoms with Gasteiger partial charge < -0.3 is 10.3 Å². The van der Waals surface area contributed by atoms with Crippen LogP contribution in [0.4, 0.5) is 5.82 Å². The lowest BCUT2D eigenvalue weighted by Crippen LogP contribution is -2.22. The molecule has 18 heavy (non-hydrogen) atoms. The number of likely N-dealkylation sites (N-methyl/N-ethyl adjacent to an activating group) is 1. The van der Waals surface area contributed by atoms with Crippen molar-refractivity contribution in [2.45, 2.75) is 13.0 Å². The quantitative estimate of drug-likeness (QED) is 0.618. The Labute approximate surface area is 111 Å². The lowest BCUT2D eigenvalue weighted by Gasteiger charge is -2.17. The smallest absolute Gasteiger partial charge is 0.144 e. The van der Waals surface area contributed by atoms with Crippen molar-refractivity contribution in [3.05, 3.63) is 46.3 Å². The highest BCUT2D eigenvalue weighted by Gasteiger charge is 2.06. The predicted octanol–water partition coefficient (Wildman–Crippen LogP) is 2.10. The summed E-state index contributed by atoms with van der Waals surface area (Å²) < 4.78 is 0. The molecule has 0 fully saturated rings. The van der Waals surface area contributed by atoms with Gasteiger partial charge in [0.2, 0.25) is 0 Å². The number of nitrogens with one attached hydrogen (secondary N) is 1. The third-order valence-corrected chi connectivity index (χ3v) is 3.72. The number of nitrogen functional groups attached to an aromatic ring is 1. The number of nitrogens with zero attached hydrogens (tertiary/aromatic N) is 2. The van der Waals surface area contributed by atoms with Gasteiger partial charge in [-0.3, -0.25) is 0 Å². The highest BCUT2D eigenvalue weighted by atomic mass is 32.1. The summed E-state index contributed by atoms with van der Waals surface area (Å²) in [6.07, 6.45) is 2.82. The lowest BCUT2D eigenvalue weighted by molar-refractivity contribution is 0.332. The number of aromatic nitrogens is 1. The van der Waals surface area contributed by atoms with E-state index in [9.17, 15) is 0 Å². The first-order valence-corrected chi connectivity index (χ1v) is 6.79. The monoisotopic (exact) mass is 262 g/mol. The molecule has 0 amide bonds. The Hall–Kier alpha value is -1.43. The van der Waals surface area contributed by atoms with Crippen molar-refractivity contribution in [3.63, 3.8) is 0 Å². The van der Waals surface area contributed by atoms with Crippen LogP contribution in [-0.4, -0.2) is 23.5 Å². The number of rotatable bonds is 6. The fraction of sp³-hybridized carbons (Fsp3) is 0.308. The molecule has 2 rings (SSSR count). The molecule has 0 radical (unpaired) electrons. The molecule has 0 bridgehead atoms. The topological polar surface area (TPSA) is 54.2 Å². The van der Waals surface area contributed by atoms with Gasteiger partial charge in [-0.25, -0.2) is 10.8 Å². The molecule has 0 aliphatic rings. The van der Waals surface area contributed by atoms with E-state index < -0.39 is 0 Å². The third kappa shape index (κ3) is 3.53. The normalized spacial score (nSPS) is 10.8. The minimum Gasteiger partial charge on any atom is -0.308 e. The number of thiophene rings is 1. The number of anilines is 1. The van der Waals surface area contributed by atoms with E-state index in [1.807, 2.05) is 23.5 Å². The van der Waals surface area contributed by atoms with E-state index in [2.05, 4.69) is 39.9 Å². The van der Waals surface area contributed by atoms with Crippen molar-refractivity contribution < 1.29 is 0 Å². The molecule has 0 aliphatic carbocycles. The molecular formula is C13H18N4S. The number of nitrogens with two attached hydrogens (primary N) is 1. The largest absolute Gasteiger partial charge is 0.308 e. The average molecular weight is 262 g/mol. The predicted molar refractivity (Wildman–Crippen MR) is 76.4 cm³/mol. The minimum absolute atomic E-state index is 0.750. The lowest BCUT2D eigenvalue weighted by atomic mass is 10.2. The Morgan fingerprint density at radius 3 is 3.00 bits per heavy atom. The molecule has 0 aliphatic heterocycles. The average Bonchev–Trinajstić information content (AvgIpc) is 2.90. The summed E-state index contributed by atoms with van der Waals surface area (Å²) in [6, 6.07) is 8.25. The number of hydrogen-bond acceptors (Lipinski definition) is 5. The Morgan fingerprint density at radius 2 is 2.28 bits per heavy atom. The van der Waals surface area contributed by atoms with Crippen LogP contribution in [0.2, 0.25) is 0 Å². The van der Waals surface area contributed by atoms with Gasteiger partial charge in [0.15, 0.2) is 0 Å². The van der Waals surface area contributed by atoms with Crippen molar-refractivity contribution in [1.82, 2.24) is 9.88 Å². The van der Waals surface area contributed by atoms with Crippen LogP contribution in [0, 0.1) is 0 Å². The van der Waals surface area contributed by atoms with Gasteiger partial charge in [0, 0.05) is 29.7 Å². The highest BCUT2D eigenvalue weighted by molar-refractivity contribution is 7.09. The van der Waals surface area contributed by atoms with Crippen molar-refractivity contribution >= 4 is 17.2 Å². The summed E-state index contributed by atoms with van der Waals surface area (Å²) >= 11 is 1.81. The van der Waals surface area contributed by atoms with Gasteiger partial charge in [-0.2, -0.15) is 0 Å². The maximum absolute atomic E-state index is 5.45. The Morgan fingerprint density at radius 1 is 1.39 bits per heavy atom. The minimum atomic E-state index is 0.750. The molecule has 0 spiro atoms. The van der Waals surface area contributed by atoms with Crippen LogP contribution in [0.1, 0.15) is 10.4 Å². The van der Waals surface area contributed by atoms with Gasteiger partial charge >= 0.3 is 0 Å². The molecular weight excluding hydrogens is 244 g/mol. The van der Waals surface area contributed by atoms with Crippen LogP contribution in [-0.2, 0) is 13.0 Å². The molecule has 96 valence electrons. The van der Waals surface area contributed by atoms with E-state index in [1.54, 1.807) is 6.20 Å². The van der Waals surface area contributed by atoms with Gasteiger partial charge in [0.1, 0.15) is 5.82 Å². The zero-order valence-electron chi connectivity index (χ0n) is 10.5. The van der Waals surface area contributed by atoms with Crippen molar-refractivity contribution in [2.75, 3.05) is 19.0 Å². The first-order chi connectivity index (χ1) is 8.79. The molecule has 0 atom stereocenters. The third-order valence-electron chi connectivity index (χ3n) is 2.79. The van der Waals surface area contributed by atoms with E-state index in [-0.39, 0.29) is 0 Å². The summed E-state index contributed by atoms with van der Waals surface area (Å²) in [5, 5.41) is 2.12. The maximum atomic E-state index is 5.45. The Balaban J connectivity index is 1.88. The van der Waals surface area contributed by atoms with Crippen molar-refractivity contribution in [1.29, 1.82) is 0 Å². The second-order valence-corrected chi connectivity index (χ2v) is 5.25. The molecule has 0 saturated heterocycles. The maximum Gasteiger partial charge on any atom is 0.144 e. The van der Waals surface area contributed by atoms with Gasteiger partial charge in [0.25, 0.3) is 0 Å². The van der Waals surface area contributed by atoms with Gasteiger partial charge in [0.05, 0.1) is 0 Å². The number of pyridine rings is 1. The van der Waals surface area contributed by atoms with Crippen LogP contribution >= 0.6 is 11.3 Å². The SMILES string of the molecule is CN(CCc1cccs1)Cc1cccnc1NN. The second kappa shape index (κ2) is 6.49. The summed E-state index contributed by atoms with van der Waals surface area (Å²) in [6.45, 7) is 1.87. The molecule has 0 unspecified atom stereocenters. The van der Waals surface area contributed by atoms with Crippen LogP contribution < -0.4 is 11.3 Å². The Kier molecular flexibility index (Phi) is 4.69. The summed E-state index contributed by atoms with van der Waals surface area (Å²) in [7, 11) is 2.11. The van der Waals surface area contributed by atoms with Crippen molar-refractivity contribution in [3.8, 4) is 0 Å². The van der Waals surface area contributed by atoms with Crippen LogP contribution in [0.25, 0.3) is 0 Å². The van der Waals surface area contributed by atoms with E-state index in [4.69, 9.17) is 5.84 Å². The molecule has 2 heterocycles. The molecule has 4 nitrogen and oxygen atoms in total. The summed E-state index contributed by atoms with van der Waals surface area (Å²) in [4.78, 5) is 7.90. The summed E-state index contributed by atoms with van der Waals surface area (Å²) in [5.74, 6) is 6.20. The van der Waals surface area contributed by atoms with Crippen molar-refractivity contribution in [2.24, 2.45) is 5.84 Å². The molecule has 5 heteroatoms. The van der Waals surface area contributed by atoms with Crippen LogP contribution in [0.3, 0.4) is 0 Å². The fourth-order valence-corrected chi connectivity index (χ4v) is 2.52. The van der Waals surface area contributed by atoms with E-state index in [0.717, 1.165) is 30.9 Å². The fourth-order valence-electron chi connectivity index (χ4n) is 1.82. The Bertz CT molecular complexity index is 470.